The third-order valence-electron chi connectivity index (χ3n) is 2.91. The lowest BCUT2D eigenvalue weighted by molar-refractivity contribution is 0.0698. The van der Waals surface area contributed by atoms with Crippen LogP contribution < -0.4 is 5.73 Å². The van der Waals surface area contributed by atoms with Crippen LogP contribution in [-0.4, -0.2) is 11.1 Å². The Morgan fingerprint density at radius 1 is 1.26 bits per heavy atom. The van der Waals surface area contributed by atoms with Crippen LogP contribution in [0.1, 0.15) is 21.5 Å². The standard InChI is InChI=1S/C15H15NO2S/c1-10-4-2-3-5-11(10)9-19-12-6-7-14(16)13(8-12)15(17)18/h2-8H,9,16H2,1H3,(H,17,18). The number of aromatic carboxylic acids is 1. The molecule has 0 heterocycles. The number of thioether (sulfide) groups is 1. The molecule has 2 aromatic carbocycles. The second-order valence-corrected chi connectivity index (χ2v) is 5.32. The Kier molecular flexibility index (Phi) is 4.12. The minimum absolute atomic E-state index is 0.162. The zero-order valence-electron chi connectivity index (χ0n) is 10.6. The van der Waals surface area contributed by atoms with Gasteiger partial charge in [0.2, 0.25) is 0 Å². The third kappa shape index (κ3) is 3.29. The van der Waals surface area contributed by atoms with Gasteiger partial charge in [-0.3, -0.25) is 0 Å². The molecule has 2 aromatic rings. The highest BCUT2D eigenvalue weighted by atomic mass is 32.2. The third-order valence-corrected chi connectivity index (χ3v) is 3.95. The molecular formula is C15H15NO2S. The molecule has 98 valence electrons. The number of nitrogen functional groups attached to an aromatic ring is 1. The highest BCUT2D eigenvalue weighted by Crippen LogP contribution is 2.27. The fourth-order valence-electron chi connectivity index (χ4n) is 1.74. The van der Waals surface area contributed by atoms with Crippen LogP contribution in [0.2, 0.25) is 0 Å². The summed E-state index contributed by atoms with van der Waals surface area (Å²) >= 11 is 1.61. The first-order valence-electron chi connectivity index (χ1n) is 5.88. The van der Waals surface area contributed by atoms with Gasteiger partial charge in [-0.1, -0.05) is 24.3 Å². The van der Waals surface area contributed by atoms with Crippen molar-refractivity contribution in [2.24, 2.45) is 0 Å². The molecule has 0 aliphatic carbocycles. The van der Waals surface area contributed by atoms with Gasteiger partial charge in [-0.2, -0.15) is 0 Å². The van der Waals surface area contributed by atoms with E-state index in [1.165, 1.54) is 11.1 Å². The Morgan fingerprint density at radius 3 is 2.68 bits per heavy atom. The highest BCUT2D eigenvalue weighted by Gasteiger charge is 2.09. The molecule has 0 unspecified atom stereocenters. The van der Waals surface area contributed by atoms with E-state index >= 15 is 0 Å². The zero-order valence-corrected chi connectivity index (χ0v) is 11.4. The Labute approximate surface area is 116 Å². The van der Waals surface area contributed by atoms with Crippen molar-refractivity contribution in [3.8, 4) is 0 Å². The maximum absolute atomic E-state index is 11.0. The maximum Gasteiger partial charge on any atom is 0.337 e. The Morgan fingerprint density at radius 2 is 2.00 bits per heavy atom. The molecule has 0 spiro atoms. The van der Waals surface area contributed by atoms with Crippen molar-refractivity contribution in [1.29, 1.82) is 0 Å². The average Bonchev–Trinajstić information content (AvgIpc) is 2.39. The molecule has 0 bridgehead atoms. The molecule has 0 saturated carbocycles. The molecular weight excluding hydrogens is 258 g/mol. The van der Waals surface area contributed by atoms with Crippen molar-refractivity contribution in [3.63, 3.8) is 0 Å². The summed E-state index contributed by atoms with van der Waals surface area (Å²) in [5, 5.41) is 9.03. The summed E-state index contributed by atoms with van der Waals surface area (Å²) in [6.07, 6.45) is 0. The molecule has 0 aliphatic heterocycles. The van der Waals surface area contributed by atoms with Gasteiger partial charge >= 0.3 is 5.97 Å². The van der Waals surface area contributed by atoms with E-state index in [4.69, 9.17) is 10.8 Å². The van der Waals surface area contributed by atoms with Gasteiger partial charge in [-0.25, -0.2) is 4.79 Å². The number of hydrogen-bond acceptors (Lipinski definition) is 3. The van der Waals surface area contributed by atoms with E-state index in [-0.39, 0.29) is 5.56 Å². The Hall–Kier alpha value is -1.94. The number of carboxylic acids is 1. The van der Waals surface area contributed by atoms with Gasteiger partial charge < -0.3 is 10.8 Å². The average molecular weight is 273 g/mol. The fourth-order valence-corrected chi connectivity index (χ4v) is 2.76. The second kappa shape index (κ2) is 5.80. The van der Waals surface area contributed by atoms with Crippen molar-refractivity contribution in [2.45, 2.75) is 17.6 Å². The predicted molar refractivity (Wildman–Crippen MR) is 78.6 cm³/mol. The van der Waals surface area contributed by atoms with Gasteiger partial charge in [0.15, 0.2) is 0 Å². The predicted octanol–water partition coefficient (Wildman–Crippen LogP) is 3.57. The van der Waals surface area contributed by atoms with Gasteiger partial charge in [0.1, 0.15) is 0 Å². The van der Waals surface area contributed by atoms with E-state index in [0.29, 0.717) is 5.69 Å². The zero-order chi connectivity index (χ0) is 13.8. The van der Waals surface area contributed by atoms with Crippen molar-refractivity contribution >= 4 is 23.4 Å². The highest BCUT2D eigenvalue weighted by molar-refractivity contribution is 7.98. The Balaban J connectivity index is 2.14. The molecule has 3 N–H and O–H groups in total. The molecule has 2 rings (SSSR count). The van der Waals surface area contributed by atoms with Crippen LogP contribution in [-0.2, 0) is 5.75 Å². The lowest BCUT2D eigenvalue weighted by Crippen LogP contribution is -2.02. The smallest absolute Gasteiger partial charge is 0.337 e. The number of carbonyl (C=O) groups is 1. The number of rotatable bonds is 4. The molecule has 0 saturated heterocycles. The molecule has 0 fully saturated rings. The summed E-state index contributed by atoms with van der Waals surface area (Å²) in [5.74, 6) is -0.175. The lowest BCUT2D eigenvalue weighted by Gasteiger charge is -2.07. The van der Waals surface area contributed by atoms with Crippen LogP contribution in [0.15, 0.2) is 47.4 Å². The van der Waals surface area contributed by atoms with E-state index in [0.717, 1.165) is 10.6 Å². The summed E-state index contributed by atoms with van der Waals surface area (Å²) in [6.45, 7) is 2.07. The van der Waals surface area contributed by atoms with Gasteiger partial charge in [0, 0.05) is 16.3 Å². The molecule has 0 radical (unpaired) electrons. The molecule has 0 amide bonds. The second-order valence-electron chi connectivity index (χ2n) is 4.27. The largest absolute Gasteiger partial charge is 0.478 e. The minimum atomic E-state index is -0.990. The number of aryl methyl sites for hydroxylation is 1. The fraction of sp³-hybridized carbons (Fsp3) is 0.133. The van der Waals surface area contributed by atoms with E-state index in [9.17, 15) is 4.79 Å². The van der Waals surface area contributed by atoms with Gasteiger partial charge in [-0.15, -0.1) is 11.8 Å². The minimum Gasteiger partial charge on any atom is -0.478 e. The SMILES string of the molecule is Cc1ccccc1CSc1ccc(N)c(C(=O)O)c1. The van der Waals surface area contributed by atoms with Crippen molar-refractivity contribution in [1.82, 2.24) is 0 Å². The van der Waals surface area contributed by atoms with Gasteiger partial charge in [-0.05, 0) is 36.2 Å². The van der Waals surface area contributed by atoms with Crippen LogP contribution in [0.25, 0.3) is 0 Å². The summed E-state index contributed by atoms with van der Waals surface area (Å²) in [7, 11) is 0. The quantitative estimate of drug-likeness (QED) is 0.660. The van der Waals surface area contributed by atoms with Crippen molar-refractivity contribution in [2.75, 3.05) is 5.73 Å². The number of anilines is 1. The van der Waals surface area contributed by atoms with E-state index in [2.05, 4.69) is 19.1 Å². The summed E-state index contributed by atoms with van der Waals surface area (Å²) < 4.78 is 0. The number of nitrogens with two attached hydrogens (primary N) is 1. The first-order chi connectivity index (χ1) is 9.08. The maximum atomic E-state index is 11.0. The summed E-state index contributed by atoms with van der Waals surface area (Å²) in [4.78, 5) is 11.9. The van der Waals surface area contributed by atoms with E-state index < -0.39 is 5.97 Å². The normalized spacial score (nSPS) is 10.4. The molecule has 0 atom stereocenters. The first-order valence-corrected chi connectivity index (χ1v) is 6.86. The molecule has 4 heteroatoms. The van der Waals surface area contributed by atoms with Crippen LogP contribution in [0.3, 0.4) is 0 Å². The Bertz CT molecular complexity index is 611. The van der Waals surface area contributed by atoms with Crippen LogP contribution in [0.4, 0.5) is 5.69 Å². The number of carboxylic acid groups (broad SMARTS) is 1. The molecule has 19 heavy (non-hydrogen) atoms. The number of hydrogen-bond donors (Lipinski definition) is 2. The molecule has 0 aromatic heterocycles. The van der Waals surface area contributed by atoms with Gasteiger partial charge in [0.05, 0.1) is 5.56 Å². The lowest BCUT2D eigenvalue weighted by atomic mass is 10.1. The van der Waals surface area contributed by atoms with Crippen molar-refractivity contribution < 1.29 is 9.90 Å². The van der Waals surface area contributed by atoms with Crippen LogP contribution in [0.5, 0.6) is 0 Å². The summed E-state index contributed by atoms with van der Waals surface area (Å²) in [5.41, 5.74) is 8.58. The molecule has 0 aliphatic rings. The van der Waals surface area contributed by atoms with E-state index in [1.54, 1.807) is 23.9 Å². The first kappa shape index (κ1) is 13.5. The van der Waals surface area contributed by atoms with E-state index in [1.807, 2.05) is 18.2 Å². The summed E-state index contributed by atoms with van der Waals surface area (Å²) in [6, 6.07) is 13.3. The molecule has 3 nitrogen and oxygen atoms in total. The topological polar surface area (TPSA) is 63.3 Å². The van der Waals surface area contributed by atoms with Gasteiger partial charge in [0.25, 0.3) is 0 Å². The van der Waals surface area contributed by atoms with Crippen molar-refractivity contribution in [3.05, 3.63) is 59.2 Å². The monoisotopic (exact) mass is 273 g/mol. The number of benzene rings is 2. The van der Waals surface area contributed by atoms with Crippen LogP contribution in [0, 0.1) is 6.92 Å². The van der Waals surface area contributed by atoms with Crippen LogP contribution >= 0.6 is 11.8 Å².